The van der Waals surface area contributed by atoms with Crippen LogP contribution in [-0.4, -0.2) is 24.3 Å². The molecule has 0 saturated carbocycles. The Morgan fingerprint density at radius 3 is 2.85 bits per heavy atom. The number of aromatic nitrogens is 5. The van der Waals surface area contributed by atoms with Gasteiger partial charge in [-0.1, -0.05) is 13.8 Å². The quantitative estimate of drug-likeness (QED) is 0.474. The van der Waals surface area contributed by atoms with Gasteiger partial charge < -0.3 is 4.57 Å². The first-order valence-electron chi connectivity index (χ1n) is 8.92. The Hall–Kier alpha value is -2.72. The molecular weight excluding hydrogens is 404 g/mol. The SMILES string of the molecule is CC(C)CCn1c(Cn2nc(Br)c3ccncc32)nc2cc(C#N)ccc21. The molecule has 7 heteroatoms. The molecule has 0 bridgehead atoms. The van der Waals surface area contributed by atoms with Gasteiger partial charge in [0.15, 0.2) is 0 Å². The van der Waals surface area contributed by atoms with Gasteiger partial charge >= 0.3 is 0 Å². The number of rotatable bonds is 5. The number of aryl methyl sites for hydroxylation is 1. The Balaban J connectivity index is 1.81. The lowest BCUT2D eigenvalue weighted by atomic mass is 10.1. The van der Waals surface area contributed by atoms with E-state index in [1.165, 1.54) is 0 Å². The number of nitriles is 1. The number of hydrogen-bond donors (Lipinski definition) is 0. The minimum absolute atomic E-state index is 0.544. The second-order valence-corrected chi connectivity index (χ2v) is 7.77. The van der Waals surface area contributed by atoms with Crippen LogP contribution in [0.2, 0.25) is 0 Å². The van der Waals surface area contributed by atoms with Crippen molar-refractivity contribution in [3.8, 4) is 6.07 Å². The molecule has 0 aliphatic rings. The van der Waals surface area contributed by atoms with E-state index >= 15 is 0 Å². The topological polar surface area (TPSA) is 72.3 Å². The van der Waals surface area contributed by atoms with Crippen LogP contribution >= 0.6 is 15.9 Å². The maximum absolute atomic E-state index is 9.19. The van der Waals surface area contributed by atoms with Crippen LogP contribution in [0.5, 0.6) is 0 Å². The molecule has 27 heavy (non-hydrogen) atoms. The van der Waals surface area contributed by atoms with Crippen molar-refractivity contribution in [3.63, 3.8) is 0 Å². The number of hydrogen-bond acceptors (Lipinski definition) is 4. The van der Waals surface area contributed by atoms with Crippen LogP contribution in [0, 0.1) is 17.2 Å². The van der Waals surface area contributed by atoms with E-state index in [4.69, 9.17) is 4.98 Å². The standard InChI is InChI=1S/C20H19BrN6/c1-13(2)6-8-26-17-4-3-14(10-22)9-16(17)24-19(26)12-27-18-11-23-7-5-15(18)20(21)25-27/h3-5,7,9,11,13H,6,8,12H2,1-2H3. The van der Waals surface area contributed by atoms with E-state index in [2.05, 4.69) is 50.5 Å². The van der Waals surface area contributed by atoms with Crippen molar-refractivity contribution in [2.45, 2.75) is 33.4 Å². The monoisotopic (exact) mass is 422 g/mol. The molecule has 0 radical (unpaired) electrons. The van der Waals surface area contributed by atoms with E-state index in [1.807, 2.05) is 35.1 Å². The summed E-state index contributed by atoms with van der Waals surface area (Å²) < 4.78 is 4.97. The lowest BCUT2D eigenvalue weighted by Gasteiger charge is -2.11. The average molecular weight is 423 g/mol. The van der Waals surface area contributed by atoms with Gasteiger partial charge in [-0.2, -0.15) is 10.4 Å². The predicted octanol–water partition coefficient (Wildman–Crippen LogP) is 4.51. The smallest absolute Gasteiger partial charge is 0.136 e. The van der Waals surface area contributed by atoms with E-state index < -0.39 is 0 Å². The van der Waals surface area contributed by atoms with Gasteiger partial charge in [0, 0.05) is 18.1 Å². The van der Waals surface area contributed by atoms with Crippen LogP contribution in [0.25, 0.3) is 21.9 Å². The first-order valence-corrected chi connectivity index (χ1v) is 9.71. The molecule has 0 aliphatic carbocycles. The number of nitrogens with zero attached hydrogens (tertiary/aromatic N) is 6. The summed E-state index contributed by atoms with van der Waals surface area (Å²) in [6.07, 6.45) is 4.64. The molecule has 4 rings (SSSR count). The third-order valence-electron chi connectivity index (χ3n) is 4.69. The van der Waals surface area contributed by atoms with Gasteiger partial charge in [0.1, 0.15) is 10.4 Å². The molecule has 1 aromatic carbocycles. The van der Waals surface area contributed by atoms with Crippen molar-refractivity contribution >= 4 is 37.9 Å². The normalized spacial score (nSPS) is 11.5. The molecule has 4 aromatic rings. The van der Waals surface area contributed by atoms with Crippen molar-refractivity contribution in [3.05, 3.63) is 52.7 Å². The molecule has 3 aromatic heterocycles. The highest BCUT2D eigenvalue weighted by molar-refractivity contribution is 9.10. The first kappa shape index (κ1) is 17.7. The number of pyridine rings is 1. The number of benzene rings is 1. The summed E-state index contributed by atoms with van der Waals surface area (Å²) in [5, 5.41) is 14.8. The molecule has 0 N–H and O–H groups in total. The molecule has 0 unspecified atom stereocenters. The second-order valence-electron chi connectivity index (χ2n) is 7.02. The van der Waals surface area contributed by atoms with Crippen LogP contribution in [0.3, 0.4) is 0 Å². The van der Waals surface area contributed by atoms with E-state index in [0.29, 0.717) is 18.0 Å². The van der Waals surface area contributed by atoms with Crippen molar-refractivity contribution in [2.75, 3.05) is 0 Å². The maximum atomic E-state index is 9.19. The van der Waals surface area contributed by atoms with Crippen molar-refractivity contribution in [2.24, 2.45) is 5.92 Å². The average Bonchev–Trinajstić information content (AvgIpc) is 3.17. The molecular formula is C20H19BrN6. The van der Waals surface area contributed by atoms with Gasteiger partial charge in [0.25, 0.3) is 0 Å². The first-order chi connectivity index (χ1) is 13.1. The fraction of sp³-hybridized carbons (Fsp3) is 0.300. The largest absolute Gasteiger partial charge is 0.326 e. The fourth-order valence-electron chi connectivity index (χ4n) is 3.24. The van der Waals surface area contributed by atoms with Crippen molar-refractivity contribution < 1.29 is 0 Å². The van der Waals surface area contributed by atoms with Crippen LogP contribution in [0.1, 0.15) is 31.7 Å². The van der Waals surface area contributed by atoms with Gasteiger partial charge in [0.2, 0.25) is 0 Å². The zero-order valence-corrected chi connectivity index (χ0v) is 16.8. The summed E-state index contributed by atoms with van der Waals surface area (Å²) in [4.78, 5) is 9.06. The van der Waals surface area contributed by atoms with E-state index in [-0.39, 0.29) is 0 Å². The van der Waals surface area contributed by atoms with E-state index in [0.717, 1.165) is 45.3 Å². The van der Waals surface area contributed by atoms with Crippen molar-refractivity contribution in [1.29, 1.82) is 5.26 Å². The Morgan fingerprint density at radius 2 is 2.07 bits per heavy atom. The van der Waals surface area contributed by atoms with Gasteiger partial charge in [-0.3, -0.25) is 9.67 Å². The van der Waals surface area contributed by atoms with Gasteiger partial charge in [-0.25, -0.2) is 4.98 Å². The lowest BCUT2D eigenvalue weighted by molar-refractivity contribution is 0.504. The molecule has 0 spiro atoms. The third-order valence-corrected chi connectivity index (χ3v) is 5.27. The van der Waals surface area contributed by atoms with Crippen molar-refractivity contribution in [1.82, 2.24) is 24.3 Å². The lowest BCUT2D eigenvalue weighted by Crippen LogP contribution is -2.11. The van der Waals surface area contributed by atoms with Crippen LogP contribution in [0.15, 0.2) is 41.3 Å². The number of halogens is 1. The van der Waals surface area contributed by atoms with Crippen LogP contribution in [0.4, 0.5) is 0 Å². The maximum Gasteiger partial charge on any atom is 0.136 e. The van der Waals surface area contributed by atoms with Crippen LogP contribution < -0.4 is 0 Å². The molecule has 3 heterocycles. The van der Waals surface area contributed by atoms with E-state index in [1.54, 1.807) is 6.20 Å². The molecule has 0 amide bonds. The minimum Gasteiger partial charge on any atom is -0.326 e. The van der Waals surface area contributed by atoms with Gasteiger partial charge in [-0.05, 0) is 52.5 Å². The van der Waals surface area contributed by atoms with E-state index in [9.17, 15) is 5.26 Å². The molecule has 6 nitrogen and oxygen atoms in total. The minimum atomic E-state index is 0.544. The summed E-state index contributed by atoms with van der Waals surface area (Å²) >= 11 is 3.53. The predicted molar refractivity (Wildman–Crippen MR) is 108 cm³/mol. The third kappa shape index (κ3) is 3.33. The summed E-state index contributed by atoms with van der Waals surface area (Å²) in [6.45, 7) is 5.86. The second kappa shape index (κ2) is 7.12. The number of fused-ring (bicyclic) bond motifs is 2. The summed E-state index contributed by atoms with van der Waals surface area (Å²) in [5.41, 5.74) is 3.49. The molecule has 136 valence electrons. The molecule has 0 saturated heterocycles. The fourth-order valence-corrected chi connectivity index (χ4v) is 3.77. The summed E-state index contributed by atoms with van der Waals surface area (Å²) in [6, 6.07) is 9.83. The highest BCUT2D eigenvalue weighted by Crippen LogP contribution is 2.25. The molecule has 0 fully saturated rings. The zero-order valence-electron chi connectivity index (χ0n) is 15.2. The Kier molecular flexibility index (Phi) is 4.66. The van der Waals surface area contributed by atoms with Gasteiger partial charge in [-0.15, -0.1) is 0 Å². The number of imidazole rings is 1. The van der Waals surface area contributed by atoms with Gasteiger partial charge in [0.05, 0.1) is 40.9 Å². The highest BCUT2D eigenvalue weighted by atomic mass is 79.9. The Labute approximate surface area is 165 Å². The molecule has 0 atom stereocenters. The highest BCUT2D eigenvalue weighted by Gasteiger charge is 2.15. The molecule has 0 aliphatic heterocycles. The zero-order chi connectivity index (χ0) is 19.0. The summed E-state index contributed by atoms with van der Waals surface area (Å²) in [5.74, 6) is 1.53. The summed E-state index contributed by atoms with van der Waals surface area (Å²) in [7, 11) is 0. The van der Waals surface area contributed by atoms with Crippen LogP contribution in [-0.2, 0) is 13.1 Å². The Bertz CT molecular complexity index is 1160. The Morgan fingerprint density at radius 1 is 1.22 bits per heavy atom.